The zero-order valence-electron chi connectivity index (χ0n) is 13.4. The van der Waals surface area contributed by atoms with E-state index in [2.05, 4.69) is 17.1 Å². The van der Waals surface area contributed by atoms with Crippen LogP contribution in [-0.2, 0) is 4.79 Å². The molecule has 0 fully saturated rings. The topological polar surface area (TPSA) is 50.8 Å². The number of rotatable bonds is 9. The molecule has 0 unspecified atom stereocenters. The largest absolute Gasteiger partial charge is 0.493 e. The van der Waals surface area contributed by atoms with E-state index in [4.69, 9.17) is 9.47 Å². The van der Waals surface area contributed by atoms with Crippen molar-refractivity contribution in [2.24, 2.45) is 0 Å². The van der Waals surface area contributed by atoms with Gasteiger partial charge in [-0.2, -0.15) is 0 Å². The number of hydrogen-bond acceptors (Lipinski definition) is 4. The first kappa shape index (κ1) is 17.3. The molecule has 5 heteroatoms. The molecule has 1 amide bonds. The molecule has 1 aromatic carbocycles. The summed E-state index contributed by atoms with van der Waals surface area (Å²) in [4.78, 5) is 14.1. The lowest BCUT2D eigenvalue weighted by Gasteiger charge is -2.16. The molecule has 0 aliphatic carbocycles. The predicted molar refractivity (Wildman–Crippen MR) is 85.2 cm³/mol. The van der Waals surface area contributed by atoms with Gasteiger partial charge in [0.2, 0.25) is 5.91 Å². The van der Waals surface area contributed by atoms with Crippen molar-refractivity contribution in [2.75, 3.05) is 39.7 Å². The molecule has 0 bridgehead atoms. The third-order valence-electron chi connectivity index (χ3n) is 3.28. The number of hydrogen-bond donors (Lipinski definition) is 1. The van der Waals surface area contributed by atoms with Crippen LogP contribution >= 0.6 is 0 Å². The molecule has 0 heterocycles. The fraction of sp³-hybridized carbons (Fsp3) is 0.562. The standard InChI is InChI=1S/C16H26N2O3/c1-5-6-10-18(2)11-9-16(19)17-13-7-8-14(20-3)15(12-13)21-4/h7-8,12H,5-6,9-11H2,1-4H3,(H,17,19). The summed E-state index contributed by atoms with van der Waals surface area (Å²) in [6.07, 6.45) is 2.81. The second kappa shape index (κ2) is 9.23. The lowest BCUT2D eigenvalue weighted by Crippen LogP contribution is -2.25. The number of amides is 1. The SMILES string of the molecule is CCCCN(C)CCC(=O)Nc1ccc(OC)c(OC)c1. The predicted octanol–water partition coefficient (Wildman–Crippen LogP) is 2.76. The van der Waals surface area contributed by atoms with Gasteiger partial charge in [0, 0.05) is 24.7 Å². The fourth-order valence-corrected chi connectivity index (χ4v) is 1.97. The van der Waals surface area contributed by atoms with E-state index in [0.717, 1.165) is 19.5 Å². The number of ether oxygens (including phenoxy) is 2. The smallest absolute Gasteiger partial charge is 0.225 e. The number of benzene rings is 1. The maximum Gasteiger partial charge on any atom is 0.225 e. The third kappa shape index (κ3) is 6.04. The van der Waals surface area contributed by atoms with Crippen molar-refractivity contribution >= 4 is 11.6 Å². The highest BCUT2D eigenvalue weighted by Gasteiger charge is 2.08. The summed E-state index contributed by atoms with van der Waals surface area (Å²) < 4.78 is 10.4. The van der Waals surface area contributed by atoms with E-state index in [1.807, 2.05) is 7.05 Å². The lowest BCUT2D eigenvalue weighted by atomic mass is 10.2. The number of methoxy groups -OCH3 is 2. The minimum atomic E-state index is 0.00516. The van der Waals surface area contributed by atoms with Gasteiger partial charge in [0.05, 0.1) is 14.2 Å². The van der Waals surface area contributed by atoms with Gasteiger partial charge in [-0.15, -0.1) is 0 Å². The van der Waals surface area contributed by atoms with Crippen molar-refractivity contribution in [3.8, 4) is 11.5 Å². The zero-order valence-corrected chi connectivity index (χ0v) is 13.4. The Morgan fingerprint density at radius 2 is 1.90 bits per heavy atom. The van der Waals surface area contributed by atoms with Gasteiger partial charge in [-0.1, -0.05) is 13.3 Å². The quantitative estimate of drug-likeness (QED) is 0.761. The number of anilines is 1. The van der Waals surface area contributed by atoms with Crippen LogP contribution in [0.5, 0.6) is 11.5 Å². The van der Waals surface area contributed by atoms with E-state index in [1.54, 1.807) is 32.4 Å². The molecule has 21 heavy (non-hydrogen) atoms. The van der Waals surface area contributed by atoms with Gasteiger partial charge in [-0.25, -0.2) is 0 Å². The molecular weight excluding hydrogens is 268 g/mol. The van der Waals surface area contributed by atoms with Crippen LogP contribution in [0.1, 0.15) is 26.2 Å². The number of nitrogens with zero attached hydrogens (tertiary/aromatic N) is 1. The highest BCUT2D eigenvalue weighted by Crippen LogP contribution is 2.29. The van der Waals surface area contributed by atoms with E-state index in [-0.39, 0.29) is 5.91 Å². The second-order valence-electron chi connectivity index (χ2n) is 5.02. The molecule has 0 spiro atoms. The molecule has 0 aliphatic rings. The van der Waals surface area contributed by atoms with Crippen molar-refractivity contribution in [3.05, 3.63) is 18.2 Å². The van der Waals surface area contributed by atoms with E-state index >= 15 is 0 Å². The first-order valence-electron chi connectivity index (χ1n) is 7.31. The number of carbonyl (C=O) groups is 1. The van der Waals surface area contributed by atoms with Gasteiger partial charge < -0.3 is 19.7 Å². The summed E-state index contributed by atoms with van der Waals surface area (Å²) >= 11 is 0. The lowest BCUT2D eigenvalue weighted by molar-refractivity contribution is -0.116. The Labute approximate surface area is 127 Å². The van der Waals surface area contributed by atoms with Gasteiger partial charge in [0.1, 0.15) is 0 Å². The fourth-order valence-electron chi connectivity index (χ4n) is 1.97. The Morgan fingerprint density at radius 3 is 2.52 bits per heavy atom. The molecule has 118 valence electrons. The molecule has 0 aromatic heterocycles. The van der Waals surface area contributed by atoms with Crippen LogP contribution in [0.2, 0.25) is 0 Å². The van der Waals surface area contributed by atoms with Gasteiger partial charge in [-0.05, 0) is 32.1 Å². The summed E-state index contributed by atoms with van der Waals surface area (Å²) in [5, 5.41) is 2.88. The first-order chi connectivity index (χ1) is 10.1. The van der Waals surface area contributed by atoms with Crippen molar-refractivity contribution in [2.45, 2.75) is 26.2 Å². The molecular formula is C16H26N2O3. The Hall–Kier alpha value is -1.75. The summed E-state index contributed by atoms with van der Waals surface area (Å²) in [5.74, 6) is 1.26. The molecule has 0 atom stereocenters. The summed E-state index contributed by atoms with van der Waals surface area (Å²) in [5.41, 5.74) is 0.717. The Kier molecular flexibility index (Phi) is 7.61. The molecule has 0 aliphatic heterocycles. The van der Waals surface area contributed by atoms with Crippen molar-refractivity contribution in [3.63, 3.8) is 0 Å². The minimum Gasteiger partial charge on any atom is -0.493 e. The van der Waals surface area contributed by atoms with Crippen LogP contribution in [0.25, 0.3) is 0 Å². The molecule has 1 rings (SSSR count). The van der Waals surface area contributed by atoms with Crippen molar-refractivity contribution < 1.29 is 14.3 Å². The van der Waals surface area contributed by atoms with Gasteiger partial charge in [0.25, 0.3) is 0 Å². The van der Waals surface area contributed by atoms with Crippen molar-refractivity contribution in [1.29, 1.82) is 0 Å². The highest BCUT2D eigenvalue weighted by atomic mass is 16.5. The minimum absolute atomic E-state index is 0.00516. The summed E-state index contributed by atoms with van der Waals surface area (Å²) in [6.45, 7) is 3.96. The van der Waals surface area contributed by atoms with Crippen LogP contribution in [0.4, 0.5) is 5.69 Å². The normalized spacial score (nSPS) is 10.5. The maximum absolute atomic E-state index is 11.9. The van der Waals surface area contributed by atoms with Crippen LogP contribution < -0.4 is 14.8 Å². The maximum atomic E-state index is 11.9. The van der Waals surface area contributed by atoms with Gasteiger partial charge >= 0.3 is 0 Å². The molecule has 0 saturated carbocycles. The van der Waals surface area contributed by atoms with E-state index < -0.39 is 0 Å². The van der Waals surface area contributed by atoms with Gasteiger partial charge in [-0.3, -0.25) is 4.79 Å². The molecule has 0 radical (unpaired) electrons. The second-order valence-corrected chi connectivity index (χ2v) is 5.02. The van der Waals surface area contributed by atoms with E-state index in [1.165, 1.54) is 6.42 Å². The molecule has 0 saturated heterocycles. The van der Waals surface area contributed by atoms with Crippen molar-refractivity contribution in [1.82, 2.24) is 4.90 Å². The Balaban J connectivity index is 2.47. The number of nitrogens with one attached hydrogen (secondary N) is 1. The Bertz CT molecular complexity index is 449. The highest BCUT2D eigenvalue weighted by molar-refractivity contribution is 5.91. The first-order valence-corrected chi connectivity index (χ1v) is 7.31. The summed E-state index contributed by atoms with van der Waals surface area (Å²) in [7, 11) is 5.20. The van der Waals surface area contributed by atoms with Crippen LogP contribution in [0.15, 0.2) is 18.2 Å². The monoisotopic (exact) mass is 294 g/mol. The molecule has 1 aromatic rings. The van der Waals surface area contributed by atoms with Crippen LogP contribution in [0, 0.1) is 0 Å². The molecule has 1 N–H and O–H groups in total. The van der Waals surface area contributed by atoms with Gasteiger partial charge in [0.15, 0.2) is 11.5 Å². The van der Waals surface area contributed by atoms with E-state index in [9.17, 15) is 4.79 Å². The average Bonchev–Trinajstić information content (AvgIpc) is 2.50. The van der Waals surface area contributed by atoms with Crippen LogP contribution in [-0.4, -0.2) is 45.2 Å². The number of carbonyl (C=O) groups excluding carboxylic acids is 1. The Morgan fingerprint density at radius 1 is 1.19 bits per heavy atom. The number of unbranched alkanes of at least 4 members (excludes halogenated alkanes) is 1. The third-order valence-corrected chi connectivity index (χ3v) is 3.28. The summed E-state index contributed by atoms with van der Waals surface area (Å²) in [6, 6.07) is 5.35. The zero-order chi connectivity index (χ0) is 15.7. The van der Waals surface area contributed by atoms with E-state index in [0.29, 0.717) is 23.6 Å². The van der Waals surface area contributed by atoms with Crippen LogP contribution in [0.3, 0.4) is 0 Å². The average molecular weight is 294 g/mol. The molecule has 5 nitrogen and oxygen atoms in total.